The molecule has 1 N–H and O–H groups in total. The normalized spacial score (nSPS) is 11.7. The maximum absolute atomic E-state index is 12.2. The lowest BCUT2D eigenvalue weighted by Gasteiger charge is -2.12. The van der Waals surface area contributed by atoms with Gasteiger partial charge in [-0.3, -0.25) is 0 Å². The standard InChI is InChI=1S/C15H14N2O4S2/c1-22(18,19)15-9-12(10-16)7-8-14(15)17-11-23(20,21)13-5-3-2-4-6-13/h2-9,17H,11H2,1H3. The van der Waals surface area contributed by atoms with E-state index < -0.39 is 25.6 Å². The summed E-state index contributed by atoms with van der Waals surface area (Å²) in [7, 11) is -7.21. The number of hydrogen-bond acceptors (Lipinski definition) is 6. The van der Waals surface area contributed by atoms with E-state index in [2.05, 4.69) is 5.32 Å². The molecule has 0 amide bonds. The van der Waals surface area contributed by atoms with Gasteiger partial charge in [-0.1, -0.05) is 18.2 Å². The van der Waals surface area contributed by atoms with Crippen molar-refractivity contribution in [2.45, 2.75) is 9.79 Å². The highest BCUT2D eigenvalue weighted by Gasteiger charge is 2.18. The van der Waals surface area contributed by atoms with Gasteiger partial charge in [0.2, 0.25) is 0 Å². The Morgan fingerprint density at radius 3 is 2.26 bits per heavy atom. The SMILES string of the molecule is CS(=O)(=O)c1cc(C#N)ccc1NCS(=O)(=O)c1ccccc1. The largest absolute Gasteiger partial charge is 0.370 e. The van der Waals surface area contributed by atoms with Crippen molar-refractivity contribution in [1.29, 1.82) is 5.26 Å². The first-order valence-corrected chi connectivity index (χ1v) is 10.0. The van der Waals surface area contributed by atoms with Gasteiger partial charge in [-0.25, -0.2) is 16.8 Å². The molecule has 0 heterocycles. The zero-order valence-electron chi connectivity index (χ0n) is 12.2. The number of hydrogen-bond donors (Lipinski definition) is 1. The summed E-state index contributed by atoms with van der Waals surface area (Å²) in [6.45, 7) is 0. The van der Waals surface area contributed by atoms with Crippen LogP contribution in [-0.4, -0.2) is 29.0 Å². The van der Waals surface area contributed by atoms with Crippen molar-refractivity contribution >= 4 is 25.4 Å². The van der Waals surface area contributed by atoms with Gasteiger partial charge in [-0.15, -0.1) is 0 Å². The van der Waals surface area contributed by atoms with Crippen molar-refractivity contribution in [3.63, 3.8) is 0 Å². The topological polar surface area (TPSA) is 104 Å². The molecular weight excluding hydrogens is 336 g/mol. The van der Waals surface area contributed by atoms with Crippen LogP contribution in [0.3, 0.4) is 0 Å². The molecule has 0 aliphatic heterocycles. The van der Waals surface area contributed by atoms with Gasteiger partial charge in [0.25, 0.3) is 0 Å². The molecular formula is C15H14N2O4S2. The molecule has 0 saturated heterocycles. The quantitative estimate of drug-likeness (QED) is 0.882. The summed E-state index contributed by atoms with van der Waals surface area (Å²) < 4.78 is 48.1. The number of nitrogens with zero attached hydrogens (tertiary/aromatic N) is 1. The van der Waals surface area contributed by atoms with Gasteiger partial charge < -0.3 is 5.32 Å². The Kier molecular flexibility index (Phi) is 4.73. The molecule has 0 spiro atoms. The molecule has 2 aromatic rings. The lowest BCUT2D eigenvalue weighted by atomic mass is 10.2. The third-order valence-electron chi connectivity index (χ3n) is 3.07. The molecule has 0 fully saturated rings. The zero-order valence-corrected chi connectivity index (χ0v) is 13.9. The van der Waals surface area contributed by atoms with Gasteiger partial charge in [0, 0.05) is 6.26 Å². The highest BCUT2D eigenvalue weighted by atomic mass is 32.2. The van der Waals surface area contributed by atoms with Crippen LogP contribution in [0.15, 0.2) is 58.3 Å². The molecule has 6 nitrogen and oxygen atoms in total. The number of sulfone groups is 2. The van der Waals surface area contributed by atoms with Crippen LogP contribution >= 0.6 is 0 Å². The smallest absolute Gasteiger partial charge is 0.196 e. The van der Waals surface area contributed by atoms with Crippen molar-refractivity contribution < 1.29 is 16.8 Å². The summed E-state index contributed by atoms with van der Waals surface area (Å²) in [5, 5.41) is 11.5. The molecule has 8 heteroatoms. The molecule has 0 aliphatic rings. The van der Waals surface area contributed by atoms with E-state index in [9.17, 15) is 16.8 Å². The first-order valence-electron chi connectivity index (χ1n) is 6.50. The maximum atomic E-state index is 12.2. The molecule has 0 saturated carbocycles. The fourth-order valence-electron chi connectivity index (χ4n) is 1.93. The van der Waals surface area contributed by atoms with E-state index in [4.69, 9.17) is 5.26 Å². The summed E-state index contributed by atoms with van der Waals surface area (Å²) in [5.74, 6) is -0.453. The fourth-order valence-corrected chi connectivity index (χ4v) is 3.89. The number of rotatable bonds is 5. The zero-order chi connectivity index (χ0) is 17.1. The van der Waals surface area contributed by atoms with E-state index in [-0.39, 0.29) is 21.0 Å². The second-order valence-electron chi connectivity index (χ2n) is 4.84. The van der Waals surface area contributed by atoms with E-state index in [0.29, 0.717) is 0 Å². The Hall–Kier alpha value is -2.37. The van der Waals surface area contributed by atoms with Crippen LogP contribution in [0.1, 0.15) is 5.56 Å². The predicted molar refractivity (Wildman–Crippen MR) is 86.4 cm³/mol. The molecule has 0 radical (unpaired) electrons. The van der Waals surface area contributed by atoms with Crippen LogP contribution in [0.5, 0.6) is 0 Å². The van der Waals surface area contributed by atoms with E-state index in [1.807, 2.05) is 6.07 Å². The first-order chi connectivity index (χ1) is 10.7. The lowest BCUT2D eigenvalue weighted by molar-refractivity contribution is 0.596. The second kappa shape index (κ2) is 6.40. The lowest BCUT2D eigenvalue weighted by Crippen LogP contribution is -2.16. The molecule has 0 aromatic heterocycles. The van der Waals surface area contributed by atoms with Gasteiger partial charge in [-0.05, 0) is 30.3 Å². The van der Waals surface area contributed by atoms with Crippen molar-refractivity contribution in [2.24, 2.45) is 0 Å². The van der Waals surface area contributed by atoms with Crippen molar-refractivity contribution in [3.05, 3.63) is 54.1 Å². The number of anilines is 1. The van der Waals surface area contributed by atoms with Crippen molar-refractivity contribution in [3.8, 4) is 6.07 Å². The van der Waals surface area contributed by atoms with E-state index in [0.717, 1.165) is 6.26 Å². The van der Waals surface area contributed by atoms with E-state index in [1.165, 1.54) is 30.3 Å². The molecule has 0 aliphatic carbocycles. The average molecular weight is 350 g/mol. The highest BCUT2D eigenvalue weighted by molar-refractivity contribution is 7.91. The third-order valence-corrected chi connectivity index (χ3v) is 5.72. The van der Waals surface area contributed by atoms with Crippen LogP contribution in [0.4, 0.5) is 5.69 Å². The minimum absolute atomic E-state index is 0.111. The fraction of sp³-hybridized carbons (Fsp3) is 0.133. The molecule has 0 unspecified atom stereocenters. The Bertz CT molecular complexity index is 960. The Balaban J connectivity index is 2.33. The number of nitriles is 1. The van der Waals surface area contributed by atoms with Crippen LogP contribution in [0, 0.1) is 11.3 Å². The predicted octanol–water partition coefficient (Wildman–Crippen LogP) is 1.81. The third kappa shape index (κ3) is 4.09. The summed E-state index contributed by atoms with van der Waals surface area (Å²) in [5.41, 5.74) is 0.327. The average Bonchev–Trinajstić information content (AvgIpc) is 2.53. The minimum atomic E-state index is -3.61. The summed E-state index contributed by atoms with van der Waals surface area (Å²) in [6, 6.07) is 13.7. The van der Waals surface area contributed by atoms with E-state index in [1.54, 1.807) is 18.2 Å². The summed E-state index contributed by atoms with van der Waals surface area (Å²) in [4.78, 5) is 0.0295. The molecule has 0 atom stereocenters. The monoisotopic (exact) mass is 350 g/mol. The van der Waals surface area contributed by atoms with Crippen LogP contribution in [0.25, 0.3) is 0 Å². The Labute approximate surface area is 135 Å². The molecule has 0 bridgehead atoms. The highest BCUT2D eigenvalue weighted by Crippen LogP contribution is 2.23. The maximum Gasteiger partial charge on any atom is 0.196 e. The number of benzene rings is 2. The summed E-state index contributed by atoms with van der Waals surface area (Å²) in [6.07, 6.45) is 1.00. The van der Waals surface area contributed by atoms with Gasteiger partial charge in [0.15, 0.2) is 19.7 Å². The second-order valence-corrected chi connectivity index (χ2v) is 8.82. The van der Waals surface area contributed by atoms with Crippen LogP contribution < -0.4 is 5.32 Å². The number of nitrogens with one attached hydrogen (secondary N) is 1. The van der Waals surface area contributed by atoms with Crippen molar-refractivity contribution in [2.75, 3.05) is 17.4 Å². The first kappa shape index (κ1) is 17.0. The van der Waals surface area contributed by atoms with Gasteiger partial charge in [0.05, 0.1) is 27.1 Å². The van der Waals surface area contributed by atoms with Gasteiger partial charge >= 0.3 is 0 Å². The summed E-state index contributed by atoms with van der Waals surface area (Å²) >= 11 is 0. The van der Waals surface area contributed by atoms with E-state index >= 15 is 0 Å². The van der Waals surface area contributed by atoms with Gasteiger partial charge in [-0.2, -0.15) is 5.26 Å². The Morgan fingerprint density at radius 2 is 1.70 bits per heavy atom. The molecule has 2 rings (SSSR count). The van der Waals surface area contributed by atoms with Crippen LogP contribution in [0.2, 0.25) is 0 Å². The minimum Gasteiger partial charge on any atom is -0.370 e. The molecule has 23 heavy (non-hydrogen) atoms. The molecule has 2 aromatic carbocycles. The molecule has 120 valence electrons. The Morgan fingerprint density at radius 1 is 1.04 bits per heavy atom. The van der Waals surface area contributed by atoms with Crippen molar-refractivity contribution in [1.82, 2.24) is 0 Å². The van der Waals surface area contributed by atoms with Gasteiger partial charge in [0.1, 0.15) is 5.88 Å². The van der Waals surface area contributed by atoms with Crippen LogP contribution in [-0.2, 0) is 19.7 Å².